The highest BCUT2D eigenvalue weighted by atomic mass is 16.5. The van der Waals surface area contributed by atoms with Gasteiger partial charge in [0.15, 0.2) is 0 Å². The molecule has 0 aliphatic carbocycles. The maximum atomic E-state index is 6.21. The van der Waals surface area contributed by atoms with Gasteiger partial charge in [-0.25, -0.2) is 0 Å². The Morgan fingerprint density at radius 3 is 3.00 bits per heavy atom. The van der Waals surface area contributed by atoms with Gasteiger partial charge in [-0.1, -0.05) is 18.2 Å². The summed E-state index contributed by atoms with van der Waals surface area (Å²) >= 11 is 0. The topological polar surface area (TPSA) is 53.1 Å². The lowest BCUT2D eigenvalue weighted by molar-refractivity contribution is 0.224. The van der Waals surface area contributed by atoms with Crippen LogP contribution in [-0.4, -0.2) is 16.4 Å². The molecule has 1 aromatic heterocycles. The standard InChI is InChI=1S/C13H15N3O/c1-16-10-6-3-2-5-9(10)13(15-16)12(14)11-7-4-8-17-11/h2-3,5-7,12H,4,8,14H2,1H3. The first-order chi connectivity index (χ1) is 8.27. The van der Waals surface area contributed by atoms with E-state index < -0.39 is 0 Å². The van der Waals surface area contributed by atoms with Gasteiger partial charge in [-0.3, -0.25) is 4.68 Å². The minimum absolute atomic E-state index is 0.261. The van der Waals surface area contributed by atoms with Crippen molar-refractivity contribution in [2.24, 2.45) is 12.8 Å². The van der Waals surface area contributed by atoms with Crippen molar-refractivity contribution < 1.29 is 4.74 Å². The molecule has 0 spiro atoms. The molecule has 4 heteroatoms. The Labute approximate surface area is 99.7 Å². The van der Waals surface area contributed by atoms with Crippen LogP contribution in [-0.2, 0) is 11.8 Å². The van der Waals surface area contributed by atoms with E-state index in [4.69, 9.17) is 10.5 Å². The fraction of sp³-hybridized carbons (Fsp3) is 0.308. The van der Waals surface area contributed by atoms with Gasteiger partial charge in [0.1, 0.15) is 11.8 Å². The summed E-state index contributed by atoms with van der Waals surface area (Å²) in [6, 6.07) is 7.84. The van der Waals surface area contributed by atoms with E-state index in [1.165, 1.54) is 0 Å². The van der Waals surface area contributed by atoms with E-state index >= 15 is 0 Å². The molecular formula is C13H15N3O. The number of nitrogens with zero attached hydrogens (tertiary/aromatic N) is 2. The SMILES string of the molecule is Cn1nc(C(N)C2=CCCO2)c2ccccc21. The number of fused-ring (bicyclic) bond motifs is 1. The van der Waals surface area contributed by atoms with Crippen molar-refractivity contribution in [1.29, 1.82) is 0 Å². The number of ether oxygens (including phenoxy) is 1. The van der Waals surface area contributed by atoms with E-state index in [1.54, 1.807) is 0 Å². The quantitative estimate of drug-likeness (QED) is 0.855. The van der Waals surface area contributed by atoms with Gasteiger partial charge in [0.25, 0.3) is 0 Å². The van der Waals surface area contributed by atoms with Crippen LogP contribution in [0.4, 0.5) is 0 Å². The monoisotopic (exact) mass is 229 g/mol. The van der Waals surface area contributed by atoms with Gasteiger partial charge in [-0.15, -0.1) is 0 Å². The number of hydrogen-bond acceptors (Lipinski definition) is 3. The van der Waals surface area contributed by atoms with Crippen LogP contribution < -0.4 is 5.73 Å². The van der Waals surface area contributed by atoms with Crippen molar-refractivity contribution in [3.63, 3.8) is 0 Å². The van der Waals surface area contributed by atoms with Gasteiger partial charge in [0.05, 0.1) is 17.8 Å². The minimum atomic E-state index is -0.261. The molecule has 88 valence electrons. The molecule has 0 bridgehead atoms. The number of benzene rings is 1. The van der Waals surface area contributed by atoms with E-state index in [-0.39, 0.29) is 6.04 Å². The van der Waals surface area contributed by atoms with Gasteiger partial charge in [0, 0.05) is 18.9 Å². The first kappa shape index (κ1) is 10.4. The predicted octanol–water partition coefficient (Wildman–Crippen LogP) is 1.88. The Kier molecular flexibility index (Phi) is 2.37. The average molecular weight is 229 g/mol. The zero-order chi connectivity index (χ0) is 11.8. The molecule has 2 aromatic rings. The summed E-state index contributed by atoms with van der Waals surface area (Å²) < 4.78 is 7.38. The number of nitrogens with two attached hydrogens (primary N) is 1. The summed E-state index contributed by atoms with van der Waals surface area (Å²) in [4.78, 5) is 0. The van der Waals surface area contributed by atoms with Crippen LogP contribution in [0, 0.1) is 0 Å². The molecule has 1 aromatic carbocycles. The first-order valence-corrected chi connectivity index (χ1v) is 5.77. The fourth-order valence-corrected chi connectivity index (χ4v) is 2.26. The third-order valence-electron chi connectivity index (χ3n) is 3.12. The van der Waals surface area contributed by atoms with Crippen molar-refractivity contribution in [2.75, 3.05) is 6.61 Å². The smallest absolute Gasteiger partial charge is 0.115 e. The summed E-state index contributed by atoms with van der Waals surface area (Å²) in [5.74, 6) is 0.842. The molecular weight excluding hydrogens is 214 g/mol. The van der Waals surface area contributed by atoms with Crippen LogP contribution in [0.5, 0.6) is 0 Å². The highest BCUT2D eigenvalue weighted by Crippen LogP contribution is 2.28. The van der Waals surface area contributed by atoms with Gasteiger partial charge >= 0.3 is 0 Å². The second-order valence-electron chi connectivity index (χ2n) is 4.25. The van der Waals surface area contributed by atoms with Crippen LogP contribution in [0.25, 0.3) is 10.9 Å². The van der Waals surface area contributed by atoms with Gasteiger partial charge < -0.3 is 10.5 Å². The Morgan fingerprint density at radius 2 is 2.24 bits per heavy atom. The van der Waals surface area contributed by atoms with E-state index in [1.807, 2.05) is 42.1 Å². The summed E-state index contributed by atoms with van der Waals surface area (Å²) in [5, 5.41) is 5.60. The van der Waals surface area contributed by atoms with E-state index in [0.717, 1.165) is 35.4 Å². The van der Waals surface area contributed by atoms with Gasteiger partial charge in [0.2, 0.25) is 0 Å². The number of aryl methyl sites for hydroxylation is 1. The lowest BCUT2D eigenvalue weighted by Crippen LogP contribution is -2.14. The van der Waals surface area contributed by atoms with E-state index in [2.05, 4.69) is 5.10 Å². The molecule has 0 saturated heterocycles. The lowest BCUT2D eigenvalue weighted by Gasteiger charge is -2.10. The Hall–Kier alpha value is -1.81. The summed E-state index contributed by atoms with van der Waals surface area (Å²) in [5.41, 5.74) is 8.19. The van der Waals surface area contributed by atoms with Crippen LogP contribution in [0.2, 0.25) is 0 Å². The highest BCUT2D eigenvalue weighted by Gasteiger charge is 2.21. The Morgan fingerprint density at radius 1 is 1.41 bits per heavy atom. The molecule has 2 N–H and O–H groups in total. The van der Waals surface area contributed by atoms with Crippen LogP contribution in [0.3, 0.4) is 0 Å². The van der Waals surface area contributed by atoms with Crippen molar-refractivity contribution >= 4 is 10.9 Å². The van der Waals surface area contributed by atoms with Crippen LogP contribution in [0.1, 0.15) is 18.2 Å². The third-order valence-corrected chi connectivity index (χ3v) is 3.12. The zero-order valence-electron chi connectivity index (χ0n) is 9.76. The van der Waals surface area contributed by atoms with Crippen LogP contribution in [0.15, 0.2) is 36.1 Å². The number of aromatic nitrogens is 2. The second kappa shape index (κ2) is 3.89. The zero-order valence-corrected chi connectivity index (χ0v) is 9.76. The molecule has 2 heterocycles. The number of rotatable bonds is 2. The molecule has 0 amide bonds. The van der Waals surface area contributed by atoms with E-state index in [0.29, 0.717) is 0 Å². The molecule has 0 fully saturated rings. The number of hydrogen-bond donors (Lipinski definition) is 1. The van der Waals surface area contributed by atoms with Crippen LogP contribution >= 0.6 is 0 Å². The fourth-order valence-electron chi connectivity index (χ4n) is 2.26. The molecule has 1 atom stereocenters. The van der Waals surface area contributed by atoms with Gasteiger partial charge in [-0.2, -0.15) is 5.10 Å². The molecule has 1 unspecified atom stereocenters. The Bertz CT molecular complexity index is 585. The summed E-state index contributed by atoms with van der Waals surface area (Å²) in [6.07, 6.45) is 2.99. The largest absolute Gasteiger partial charge is 0.496 e. The molecule has 4 nitrogen and oxygen atoms in total. The Balaban J connectivity index is 2.11. The highest BCUT2D eigenvalue weighted by molar-refractivity contribution is 5.82. The average Bonchev–Trinajstić information content (AvgIpc) is 2.97. The normalized spacial score (nSPS) is 16.9. The summed E-state index contributed by atoms with van der Waals surface area (Å²) in [7, 11) is 1.93. The van der Waals surface area contributed by atoms with Crippen molar-refractivity contribution in [3.8, 4) is 0 Å². The molecule has 1 aliphatic rings. The molecule has 0 saturated carbocycles. The van der Waals surface area contributed by atoms with Crippen molar-refractivity contribution in [3.05, 3.63) is 41.8 Å². The maximum Gasteiger partial charge on any atom is 0.115 e. The maximum absolute atomic E-state index is 6.21. The molecule has 3 rings (SSSR count). The summed E-state index contributed by atoms with van der Waals surface area (Å²) in [6.45, 7) is 0.730. The minimum Gasteiger partial charge on any atom is -0.496 e. The predicted molar refractivity (Wildman–Crippen MR) is 66.3 cm³/mol. The third kappa shape index (κ3) is 1.61. The van der Waals surface area contributed by atoms with Crippen molar-refractivity contribution in [1.82, 2.24) is 9.78 Å². The molecule has 17 heavy (non-hydrogen) atoms. The molecule has 1 aliphatic heterocycles. The molecule has 0 radical (unpaired) electrons. The van der Waals surface area contributed by atoms with Gasteiger partial charge in [-0.05, 0) is 12.1 Å². The number of para-hydroxylation sites is 1. The first-order valence-electron chi connectivity index (χ1n) is 5.77. The lowest BCUT2D eigenvalue weighted by atomic mass is 10.1. The van der Waals surface area contributed by atoms with Crippen molar-refractivity contribution in [2.45, 2.75) is 12.5 Å². The second-order valence-corrected chi connectivity index (χ2v) is 4.25. The van der Waals surface area contributed by atoms with E-state index in [9.17, 15) is 0 Å².